The summed E-state index contributed by atoms with van der Waals surface area (Å²) in [5.41, 5.74) is 8.50. The van der Waals surface area contributed by atoms with Gasteiger partial charge >= 0.3 is 6.09 Å². The van der Waals surface area contributed by atoms with E-state index in [1.807, 2.05) is 32.6 Å². The van der Waals surface area contributed by atoms with E-state index < -0.39 is 27.4 Å². The molecule has 1 atom stereocenters. The molecule has 0 saturated carbocycles. The lowest BCUT2D eigenvalue weighted by Crippen LogP contribution is -2.49. The number of aromatic nitrogens is 3. The molecule has 0 aliphatic carbocycles. The fourth-order valence-corrected chi connectivity index (χ4v) is 5.74. The van der Waals surface area contributed by atoms with Crippen LogP contribution in [0.3, 0.4) is 0 Å². The number of allylic oxidation sites excluding steroid dienone is 2. The molecule has 220 valence electrons. The fourth-order valence-electron chi connectivity index (χ4n) is 4.58. The van der Waals surface area contributed by atoms with Crippen molar-refractivity contribution in [3.63, 3.8) is 0 Å². The number of hydrogen-bond acceptors (Lipinski definition) is 10. The van der Waals surface area contributed by atoms with Crippen LogP contribution < -0.4 is 21.3 Å². The largest absolute Gasteiger partial charge is 0.444 e. The van der Waals surface area contributed by atoms with Gasteiger partial charge in [-0.05, 0) is 70.2 Å². The lowest BCUT2D eigenvalue weighted by Gasteiger charge is -2.33. The van der Waals surface area contributed by atoms with Crippen LogP contribution in [0.15, 0.2) is 31.0 Å². The van der Waals surface area contributed by atoms with Gasteiger partial charge in [0, 0.05) is 31.0 Å². The van der Waals surface area contributed by atoms with Gasteiger partial charge in [-0.25, -0.2) is 23.2 Å². The predicted octanol–water partition coefficient (Wildman–Crippen LogP) is 3.44. The maximum atomic E-state index is 12.3. The standard InChI is InChI=1S/C28H37N7O5S/c1-17(2)22-13-20(14-23(33-22)18-8-11-41(38,39)12-9-18)31-25-21(24(29)36)15-30-26(34-25)35-10-6-7-19(16-35)32-27(37)40-28(3,4)5/h8,13-15,19H,1,6-7,9-12,16H2,2-5H3,(H2,29,36)(H,32,37)(H,30,31,33,34)/t19-/m0/s1. The van der Waals surface area contributed by atoms with Crippen molar-refractivity contribution in [1.82, 2.24) is 20.3 Å². The van der Waals surface area contributed by atoms with Crippen LogP contribution in [0.4, 0.5) is 22.2 Å². The minimum Gasteiger partial charge on any atom is -0.444 e. The first-order valence-electron chi connectivity index (χ1n) is 13.5. The highest BCUT2D eigenvalue weighted by atomic mass is 32.2. The Morgan fingerprint density at radius 1 is 1.22 bits per heavy atom. The molecule has 1 saturated heterocycles. The van der Waals surface area contributed by atoms with Gasteiger partial charge in [-0.1, -0.05) is 12.7 Å². The lowest BCUT2D eigenvalue weighted by atomic mass is 10.1. The molecule has 4 rings (SSSR count). The van der Waals surface area contributed by atoms with Gasteiger partial charge in [0.25, 0.3) is 5.91 Å². The van der Waals surface area contributed by atoms with Crippen molar-refractivity contribution < 1.29 is 22.7 Å². The highest BCUT2D eigenvalue weighted by molar-refractivity contribution is 7.91. The number of pyridine rings is 1. The molecule has 2 aromatic rings. The van der Waals surface area contributed by atoms with Crippen LogP contribution in [0.2, 0.25) is 0 Å². The molecule has 41 heavy (non-hydrogen) atoms. The lowest BCUT2D eigenvalue weighted by molar-refractivity contribution is 0.0499. The number of hydrogen-bond donors (Lipinski definition) is 3. The summed E-state index contributed by atoms with van der Waals surface area (Å²) < 4.78 is 29.2. The second-order valence-corrected chi connectivity index (χ2v) is 13.6. The van der Waals surface area contributed by atoms with Crippen LogP contribution in [0, 0.1) is 0 Å². The van der Waals surface area contributed by atoms with Crippen molar-refractivity contribution in [2.75, 3.05) is 34.8 Å². The molecule has 0 aromatic carbocycles. The number of nitrogens with zero attached hydrogens (tertiary/aromatic N) is 4. The zero-order valence-corrected chi connectivity index (χ0v) is 24.7. The van der Waals surface area contributed by atoms with Crippen molar-refractivity contribution in [1.29, 1.82) is 0 Å². The van der Waals surface area contributed by atoms with Crippen molar-refractivity contribution in [2.24, 2.45) is 5.73 Å². The van der Waals surface area contributed by atoms with E-state index in [1.165, 1.54) is 6.20 Å². The average molecular weight is 584 g/mol. The number of anilines is 3. The third-order valence-electron chi connectivity index (χ3n) is 6.59. The Morgan fingerprint density at radius 2 is 1.98 bits per heavy atom. The highest BCUT2D eigenvalue weighted by Gasteiger charge is 2.27. The number of carbonyl (C=O) groups is 2. The molecule has 4 heterocycles. The van der Waals surface area contributed by atoms with E-state index in [0.29, 0.717) is 48.1 Å². The molecule has 2 aromatic heterocycles. The van der Waals surface area contributed by atoms with E-state index in [0.717, 1.165) is 18.4 Å². The zero-order valence-electron chi connectivity index (χ0n) is 23.9. The van der Waals surface area contributed by atoms with Crippen molar-refractivity contribution in [2.45, 2.75) is 58.6 Å². The van der Waals surface area contributed by atoms with Gasteiger partial charge in [0.05, 0.1) is 22.9 Å². The van der Waals surface area contributed by atoms with Crippen molar-refractivity contribution in [3.8, 4) is 0 Å². The van der Waals surface area contributed by atoms with Gasteiger partial charge in [-0.15, -0.1) is 0 Å². The van der Waals surface area contributed by atoms with Crippen molar-refractivity contribution >= 4 is 50.4 Å². The molecule has 0 bridgehead atoms. The Morgan fingerprint density at radius 3 is 2.61 bits per heavy atom. The number of primary amides is 1. The summed E-state index contributed by atoms with van der Waals surface area (Å²) in [4.78, 5) is 40.2. The summed E-state index contributed by atoms with van der Waals surface area (Å²) >= 11 is 0. The third kappa shape index (κ3) is 8.03. The van der Waals surface area contributed by atoms with Crippen LogP contribution in [0.5, 0.6) is 0 Å². The number of nitrogens with one attached hydrogen (secondary N) is 2. The Labute approximate surface area is 240 Å². The molecule has 1 fully saturated rings. The smallest absolute Gasteiger partial charge is 0.407 e. The summed E-state index contributed by atoms with van der Waals surface area (Å²) in [7, 11) is -3.10. The zero-order chi connectivity index (χ0) is 29.9. The number of alkyl carbamates (subject to hydrolysis) is 1. The predicted molar refractivity (Wildman–Crippen MR) is 159 cm³/mol. The molecule has 4 N–H and O–H groups in total. The average Bonchev–Trinajstić information content (AvgIpc) is 2.87. The molecule has 0 radical (unpaired) electrons. The number of piperidine rings is 1. The van der Waals surface area contributed by atoms with E-state index in [4.69, 9.17) is 10.5 Å². The number of amides is 2. The molecule has 0 spiro atoms. The van der Waals surface area contributed by atoms with Crippen LogP contribution >= 0.6 is 0 Å². The topological polar surface area (TPSA) is 170 Å². The SMILES string of the molecule is C=C(C)c1cc(Nc2nc(N3CCC[C@H](NC(=O)OC(C)(C)C)C3)ncc2C(N)=O)cc(C2=CCS(=O)(=O)CC2)n1. The van der Waals surface area contributed by atoms with Gasteiger partial charge in [-0.3, -0.25) is 4.79 Å². The van der Waals surface area contributed by atoms with E-state index in [9.17, 15) is 18.0 Å². The monoisotopic (exact) mass is 583 g/mol. The number of ether oxygens (including phenoxy) is 1. The van der Waals surface area contributed by atoms with Gasteiger partial charge in [0.15, 0.2) is 9.84 Å². The first-order chi connectivity index (χ1) is 19.2. The molecule has 0 unspecified atom stereocenters. The van der Waals surface area contributed by atoms with Crippen LogP contribution in [0.1, 0.15) is 68.7 Å². The van der Waals surface area contributed by atoms with Gasteiger partial charge in [0.2, 0.25) is 5.95 Å². The minimum atomic E-state index is -3.10. The molecular weight excluding hydrogens is 546 g/mol. The van der Waals surface area contributed by atoms with E-state index >= 15 is 0 Å². The van der Waals surface area contributed by atoms with Gasteiger partial charge < -0.3 is 26.0 Å². The summed E-state index contributed by atoms with van der Waals surface area (Å²) in [5, 5.41) is 6.11. The Bertz CT molecular complexity index is 1500. The second kappa shape index (κ2) is 11.9. The Hall–Kier alpha value is -4.00. The van der Waals surface area contributed by atoms with Gasteiger partial charge in [0.1, 0.15) is 17.0 Å². The number of nitrogens with two attached hydrogens (primary N) is 1. The number of carbonyl (C=O) groups excluding carboxylic acids is 2. The number of sulfone groups is 1. The summed E-state index contributed by atoms with van der Waals surface area (Å²) in [6, 6.07) is 3.40. The Kier molecular flexibility index (Phi) is 8.66. The molecule has 12 nitrogen and oxygen atoms in total. The summed E-state index contributed by atoms with van der Waals surface area (Å²) in [6.45, 7) is 12.4. The van der Waals surface area contributed by atoms with E-state index in [2.05, 4.69) is 32.2 Å². The van der Waals surface area contributed by atoms with Crippen LogP contribution in [-0.4, -0.2) is 71.6 Å². The quantitative estimate of drug-likeness (QED) is 0.439. The summed E-state index contributed by atoms with van der Waals surface area (Å²) in [5.74, 6) is -0.0826. The second-order valence-electron chi connectivity index (χ2n) is 11.4. The number of rotatable bonds is 7. The van der Waals surface area contributed by atoms with E-state index in [1.54, 1.807) is 18.2 Å². The summed E-state index contributed by atoms with van der Waals surface area (Å²) in [6.07, 6.45) is 4.51. The van der Waals surface area contributed by atoms with Crippen LogP contribution in [0.25, 0.3) is 11.1 Å². The first kappa shape index (κ1) is 30.0. The normalized spacial score (nSPS) is 18.7. The molecule has 2 aliphatic heterocycles. The fraction of sp³-hybridized carbons (Fsp3) is 0.464. The third-order valence-corrected chi connectivity index (χ3v) is 8.09. The molecule has 2 aliphatic rings. The van der Waals surface area contributed by atoms with Crippen LogP contribution in [-0.2, 0) is 14.6 Å². The maximum absolute atomic E-state index is 12.3. The molecule has 13 heteroatoms. The highest BCUT2D eigenvalue weighted by Crippen LogP contribution is 2.29. The molecular formula is C28H37N7O5S. The van der Waals surface area contributed by atoms with Gasteiger partial charge in [-0.2, -0.15) is 4.98 Å². The van der Waals surface area contributed by atoms with Crippen molar-refractivity contribution in [3.05, 3.63) is 47.9 Å². The first-order valence-corrected chi connectivity index (χ1v) is 15.3. The molecule has 2 amide bonds. The maximum Gasteiger partial charge on any atom is 0.407 e. The van der Waals surface area contributed by atoms with E-state index in [-0.39, 0.29) is 28.9 Å². The Balaban J connectivity index is 1.61. The minimum absolute atomic E-state index is 0.0369.